The number of hydrogen-bond donors (Lipinski definition) is 1. The van der Waals surface area contributed by atoms with Gasteiger partial charge in [0, 0.05) is 49.9 Å². The molecule has 0 aromatic heterocycles. The number of carbonyl (C=O) groups excluding carboxylic acids is 1. The first kappa shape index (κ1) is 22.3. The molecule has 1 N–H and O–H groups in total. The van der Waals surface area contributed by atoms with Crippen molar-refractivity contribution >= 4 is 28.7 Å². The molecule has 0 radical (unpaired) electrons. The van der Waals surface area contributed by atoms with E-state index >= 15 is 0 Å². The van der Waals surface area contributed by atoms with Crippen LogP contribution in [0.15, 0.2) is 42.5 Å². The van der Waals surface area contributed by atoms with Gasteiger partial charge in [-0.3, -0.25) is 4.79 Å². The minimum absolute atomic E-state index is 0.0140. The van der Waals surface area contributed by atoms with Gasteiger partial charge in [0.25, 0.3) is 5.91 Å². The minimum Gasteiger partial charge on any atom is -0.481 e. The summed E-state index contributed by atoms with van der Waals surface area (Å²) in [4.78, 5) is 15.8. The van der Waals surface area contributed by atoms with Crippen molar-refractivity contribution in [2.75, 3.05) is 55.1 Å². The molecule has 0 aliphatic carbocycles. The lowest BCUT2D eigenvalue weighted by Crippen LogP contribution is -2.40. The fraction of sp³-hybridized carbons (Fsp3) is 0.435. The number of halogens is 3. The third-order valence-corrected chi connectivity index (χ3v) is 5.90. The summed E-state index contributed by atoms with van der Waals surface area (Å²) < 4.78 is 49.3. The fourth-order valence-corrected chi connectivity index (χ4v) is 4.10. The van der Waals surface area contributed by atoms with E-state index in [4.69, 9.17) is 9.47 Å². The first-order valence-electron chi connectivity index (χ1n) is 10.6. The third kappa shape index (κ3) is 4.93. The molecule has 0 saturated carbocycles. The summed E-state index contributed by atoms with van der Waals surface area (Å²) in [5.74, 6) is -0.688. The van der Waals surface area contributed by atoms with E-state index in [1.165, 1.54) is 0 Å². The van der Waals surface area contributed by atoms with Crippen molar-refractivity contribution in [3.63, 3.8) is 0 Å². The Morgan fingerprint density at radius 1 is 1.09 bits per heavy atom. The van der Waals surface area contributed by atoms with Crippen molar-refractivity contribution in [3.05, 3.63) is 42.5 Å². The summed E-state index contributed by atoms with van der Waals surface area (Å²) in [6, 6.07) is 13.2. The molecule has 1 amide bonds. The highest BCUT2D eigenvalue weighted by Gasteiger charge is 2.41. The van der Waals surface area contributed by atoms with Gasteiger partial charge in [0.1, 0.15) is 5.75 Å². The lowest BCUT2D eigenvalue weighted by molar-refractivity contribution is -0.179. The molecule has 172 valence electrons. The molecular weight excluding hydrogens is 423 g/mol. The number of methoxy groups -OCH3 is 1. The number of amides is 1. The van der Waals surface area contributed by atoms with Crippen molar-refractivity contribution in [2.24, 2.45) is 5.92 Å². The van der Waals surface area contributed by atoms with Crippen LogP contribution < -0.4 is 19.9 Å². The fourth-order valence-electron chi connectivity index (χ4n) is 4.10. The topological polar surface area (TPSA) is 54.0 Å². The molecule has 0 atom stereocenters. The van der Waals surface area contributed by atoms with Crippen LogP contribution in [-0.4, -0.2) is 52.0 Å². The van der Waals surface area contributed by atoms with Crippen LogP contribution in [0.4, 0.5) is 35.9 Å². The SMILES string of the molecule is COCCN1C(=O)COc2cc(Nc3ccc(N4CCC(C(F)(F)F)CC4)cc3)ccc21. The van der Waals surface area contributed by atoms with E-state index in [1.54, 1.807) is 12.0 Å². The van der Waals surface area contributed by atoms with Gasteiger partial charge in [-0.1, -0.05) is 0 Å². The molecule has 1 fully saturated rings. The zero-order valence-electron chi connectivity index (χ0n) is 17.8. The molecule has 32 heavy (non-hydrogen) atoms. The van der Waals surface area contributed by atoms with Gasteiger partial charge in [0.15, 0.2) is 6.61 Å². The van der Waals surface area contributed by atoms with Crippen LogP contribution in [0.1, 0.15) is 12.8 Å². The molecule has 2 aromatic carbocycles. The molecule has 9 heteroatoms. The summed E-state index contributed by atoms with van der Waals surface area (Å²) in [7, 11) is 1.59. The van der Waals surface area contributed by atoms with Crippen LogP contribution in [0.3, 0.4) is 0 Å². The molecule has 6 nitrogen and oxygen atoms in total. The normalized spacial score (nSPS) is 17.2. The third-order valence-electron chi connectivity index (χ3n) is 5.90. The molecule has 2 aliphatic heterocycles. The molecule has 4 rings (SSSR count). The van der Waals surface area contributed by atoms with Crippen molar-refractivity contribution < 1.29 is 27.4 Å². The van der Waals surface area contributed by atoms with E-state index in [0.29, 0.717) is 37.7 Å². The Kier molecular flexibility index (Phi) is 6.45. The second kappa shape index (κ2) is 9.28. The zero-order chi connectivity index (χ0) is 22.7. The van der Waals surface area contributed by atoms with E-state index < -0.39 is 12.1 Å². The molecule has 2 aromatic rings. The number of alkyl halides is 3. The standard InChI is InChI=1S/C23H26F3N3O3/c1-31-13-12-29-20-7-4-18(14-21(20)32-15-22(29)30)27-17-2-5-19(6-3-17)28-10-8-16(9-11-28)23(24,25)26/h2-7,14,16,27H,8-13,15H2,1H3. The number of nitrogens with zero attached hydrogens (tertiary/aromatic N) is 2. The van der Waals surface area contributed by atoms with Gasteiger partial charge in [-0.2, -0.15) is 13.2 Å². The van der Waals surface area contributed by atoms with Crippen LogP contribution in [0.25, 0.3) is 0 Å². The predicted molar refractivity (Wildman–Crippen MR) is 117 cm³/mol. The van der Waals surface area contributed by atoms with Gasteiger partial charge in [0.2, 0.25) is 0 Å². The first-order chi connectivity index (χ1) is 15.3. The lowest BCUT2D eigenvalue weighted by atomic mass is 9.96. The number of benzene rings is 2. The average Bonchev–Trinajstić information content (AvgIpc) is 2.78. The van der Waals surface area contributed by atoms with E-state index in [1.807, 2.05) is 47.4 Å². The molecule has 0 unspecified atom stereocenters. The molecule has 0 spiro atoms. The molecule has 2 heterocycles. The summed E-state index contributed by atoms with van der Waals surface area (Å²) >= 11 is 0. The maximum atomic E-state index is 12.9. The summed E-state index contributed by atoms with van der Waals surface area (Å²) in [5.41, 5.74) is 3.28. The van der Waals surface area contributed by atoms with Crippen LogP contribution in [0.2, 0.25) is 0 Å². The van der Waals surface area contributed by atoms with Crippen LogP contribution in [-0.2, 0) is 9.53 Å². The smallest absolute Gasteiger partial charge is 0.391 e. The van der Waals surface area contributed by atoms with E-state index in [2.05, 4.69) is 5.32 Å². The Hall–Kier alpha value is -2.94. The maximum absolute atomic E-state index is 12.9. The Labute approximate surface area is 184 Å². The van der Waals surface area contributed by atoms with Gasteiger partial charge >= 0.3 is 6.18 Å². The Balaban J connectivity index is 1.39. The monoisotopic (exact) mass is 449 g/mol. The van der Waals surface area contributed by atoms with Gasteiger partial charge in [-0.25, -0.2) is 0 Å². The Bertz CT molecular complexity index is 942. The number of hydrogen-bond acceptors (Lipinski definition) is 5. The van der Waals surface area contributed by atoms with Gasteiger partial charge < -0.3 is 24.6 Å². The lowest BCUT2D eigenvalue weighted by Gasteiger charge is -2.34. The predicted octanol–water partition coefficient (Wildman–Crippen LogP) is 4.58. The number of carbonyl (C=O) groups is 1. The van der Waals surface area contributed by atoms with E-state index in [9.17, 15) is 18.0 Å². The van der Waals surface area contributed by atoms with Gasteiger partial charge in [-0.05, 0) is 49.2 Å². The van der Waals surface area contributed by atoms with Gasteiger partial charge in [0.05, 0.1) is 18.2 Å². The Morgan fingerprint density at radius 3 is 2.44 bits per heavy atom. The quantitative estimate of drug-likeness (QED) is 0.700. The second-order valence-electron chi connectivity index (χ2n) is 7.98. The summed E-state index contributed by atoms with van der Waals surface area (Å²) in [6.45, 7) is 1.68. The molecule has 0 bridgehead atoms. The number of anilines is 4. The molecule has 2 aliphatic rings. The van der Waals surface area contributed by atoms with E-state index in [-0.39, 0.29) is 25.4 Å². The zero-order valence-corrected chi connectivity index (χ0v) is 17.8. The largest absolute Gasteiger partial charge is 0.481 e. The molecular formula is C23H26F3N3O3. The highest BCUT2D eigenvalue weighted by Crippen LogP contribution is 2.37. The maximum Gasteiger partial charge on any atom is 0.391 e. The number of ether oxygens (including phenoxy) is 2. The number of nitrogens with one attached hydrogen (secondary N) is 1. The average molecular weight is 449 g/mol. The Morgan fingerprint density at radius 2 is 1.78 bits per heavy atom. The van der Waals surface area contributed by atoms with Crippen LogP contribution in [0.5, 0.6) is 5.75 Å². The van der Waals surface area contributed by atoms with Crippen molar-refractivity contribution in [2.45, 2.75) is 19.0 Å². The number of piperidine rings is 1. The second-order valence-corrected chi connectivity index (χ2v) is 7.98. The highest BCUT2D eigenvalue weighted by atomic mass is 19.4. The van der Waals surface area contributed by atoms with Crippen molar-refractivity contribution in [3.8, 4) is 5.75 Å². The van der Waals surface area contributed by atoms with Crippen LogP contribution >= 0.6 is 0 Å². The van der Waals surface area contributed by atoms with Crippen LogP contribution in [0, 0.1) is 5.92 Å². The summed E-state index contributed by atoms with van der Waals surface area (Å²) in [6.07, 6.45) is -3.85. The first-order valence-corrected chi connectivity index (χ1v) is 10.6. The van der Waals surface area contributed by atoms with Crippen molar-refractivity contribution in [1.29, 1.82) is 0 Å². The summed E-state index contributed by atoms with van der Waals surface area (Å²) in [5, 5.41) is 3.30. The van der Waals surface area contributed by atoms with Gasteiger partial charge in [-0.15, -0.1) is 0 Å². The van der Waals surface area contributed by atoms with Crippen molar-refractivity contribution in [1.82, 2.24) is 0 Å². The number of rotatable bonds is 6. The highest BCUT2D eigenvalue weighted by molar-refractivity contribution is 5.98. The van der Waals surface area contributed by atoms with E-state index in [0.717, 1.165) is 17.1 Å². The number of fused-ring (bicyclic) bond motifs is 1. The molecule has 1 saturated heterocycles. The minimum atomic E-state index is -4.10.